The molecule has 1 aliphatic heterocycles. The lowest BCUT2D eigenvalue weighted by Crippen LogP contribution is -2.36. The van der Waals surface area contributed by atoms with Crippen LogP contribution in [0.25, 0.3) is 0 Å². The molecule has 3 heteroatoms. The number of hydrogen-bond donors (Lipinski definition) is 1. The fourth-order valence-corrected chi connectivity index (χ4v) is 2.54. The summed E-state index contributed by atoms with van der Waals surface area (Å²) in [6, 6.07) is 9.19. The first kappa shape index (κ1) is 12.0. The van der Waals surface area contributed by atoms with Gasteiger partial charge in [0.15, 0.2) is 0 Å². The van der Waals surface area contributed by atoms with E-state index in [2.05, 4.69) is 35.5 Å². The molecule has 1 N–H and O–H groups in total. The van der Waals surface area contributed by atoms with Crippen molar-refractivity contribution >= 4 is 0 Å². The van der Waals surface area contributed by atoms with E-state index in [4.69, 9.17) is 4.74 Å². The minimum Gasteiger partial charge on any atom is -0.488 e. The lowest BCUT2D eigenvalue weighted by molar-refractivity contribution is 0.169. The molecule has 3 rings (SSSR count). The number of hydrogen-bond acceptors (Lipinski definition) is 3. The number of nitrogens with one attached hydrogen (secondary N) is 1. The summed E-state index contributed by atoms with van der Waals surface area (Å²) in [4.78, 5) is 2.37. The molecule has 1 heterocycles. The van der Waals surface area contributed by atoms with Crippen molar-refractivity contribution in [3.05, 3.63) is 29.8 Å². The predicted molar refractivity (Wildman–Crippen MR) is 73.1 cm³/mol. The zero-order chi connectivity index (χ0) is 12.4. The summed E-state index contributed by atoms with van der Waals surface area (Å²) >= 11 is 0. The summed E-state index contributed by atoms with van der Waals surface area (Å²) < 4.78 is 5.96. The second-order valence-electron chi connectivity index (χ2n) is 5.54. The van der Waals surface area contributed by atoms with E-state index in [1.807, 2.05) is 6.07 Å². The highest BCUT2D eigenvalue weighted by molar-refractivity contribution is 5.37. The van der Waals surface area contributed by atoms with Gasteiger partial charge in [0, 0.05) is 32.1 Å². The molecule has 0 aromatic heterocycles. The molecule has 0 bridgehead atoms. The Morgan fingerprint density at radius 2 is 2.17 bits per heavy atom. The van der Waals surface area contributed by atoms with Crippen LogP contribution in [0.2, 0.25) is 0 Å². The fraction of sp³-hybridized carbons (Fsp3) is 0.600. The van der Waals surface area contributed by atoms with Crippen LogP contribution in [0, 0.1) is 0 Å². The lowest BCUT2D eigenvalue weighted by Gasteiger charge is -2.20. The normalized spacial score (nSPS) is 22.0. The second-order valence-corrected chi connectivity index (χ2v) is 5.54. The van der Waals surface area contributed by atoms with E-state index in [1.165, 1.54) is 18.4 Å². The maximum atomic E-state index is 5.96. The van der Waals surface area contributed by atoms with Crippen molar-refractivity contribution in [2.45, 2.75) is 31.4 Å². The van der Waals surface area contributed by atoms with Crippen molar-refractivity contribution < 1.29 is 4.74 Å². The van der Waals surface area contributed by atoms with Crippen LogP contribution in [-0.4, -0.2) is 43.7 Å². The van der Waals surface area contributed by atoms with Crippen LogP contribution in [0.5, 0.6) is 5.75 Å². The number of rotatable bonds is 6. The minimum atomic E-state index is 0.327. The molecule has 1 aromatic rings. The number of ether oxygens (including phenoxy) is 1. The second kappa shape index (κ2) is 5.29. The summed E-state index contributed by atoms with van der Waals surface area (Å²) in [5.41, 5.74) is 1.35. The third kappa shape index (κ3) is 3.03. The molecular weight excluding hydrogens is 224 g/mol. The molecular formula is C15H22N2O. The summed E-state index contributed by atoms with van der Waals surface area (Å²) in [7, 11) is 2.18. The van der Waals surface area contributed by atoms with Crippen molar-refractivity contribution in [3.63, 3.8) is 0 Å². The number of nitrogens with zero attached hydrogens (tertiary/aromatic N) is 1. The van der Waals surface area contributed by atoms with E-state index in [0.29, 0.717) is 6.10 Å². The zero-order valence-corrected chi connectivity index (χ0v) is 11.1. The Bertz CT molecular complexity index is 378. The van der Waals surface area contributed by atoms with Gasteiger partial charge in [0.1, 0.15) is 11.9 Å². The first-order valence-corrected chi connectivity index (χ1v) is 6.98. The van der Waals surface area contributed by atoms with Crippen molar-refractivity contribution in [1.29, 1.82) is 0 Å². The van der Waals surface area contributed by atoms with Crippen LogP contribution in [0.15, 0.2) is 24.3 Å². The molecule has 2 aliphatic rings. The highest BCUT2D eigenvalue weighted by atomic mass is 16.5. The lowest BCUT2D eigenvalue weighted by atomic mass is 10.1. The van der Waals surface area contributed by atoms with Gasteiger partial charge in [-0.05, 0) is 31.5 Å². The number of para-hydroxylation sites is 1. The van der Waals surface area contributed by atoms with Crippen LogP contribution in [0.3, 0.4) is 0 Å². The summed E-state index contributed by atoms with van der Waals surface area (Å²) in [5, 5.41) is 3.55. The molecule has 3 nitrogen and oxygen atoms in total. The molecule has 1 fully saturated rings. The fourth-order valence-electron chi connectivity index (χ4n) is 2.54. The maximum Gasteiger partial charge on any atom is 0.123 e. The Labute approximate surface area is 109 Å². The Hall–Kier alpha value is -1.06. The molecule has 1 unspecified atom stereocenters. The van der Waals surface area contributed by atoms with Gasteiger partial charge >= 0.3 is 0 Å². The van der Waals surface area contributed by atoms with Gasteiger partial charge in [-0.15, -0.1) is 0 Å². The molecule has 0 spiro atoms. The van der Waals surface area contributed by atoms with E-state index < -0.39 is 0 Å². The smallest absolute Gasteiger partial charge is 0.123 e. The van der Waals surface area contributed by atoms with Crippen molar-refractivity contribution in [3.8, 4) is 5.75 Å². The number of likely N-dealkylation sites (N-methyl/N-ethyl adjacent to an activating group) is 1. The van der Waals surface area contributed by atoms with E-state index >= 15 is 0 Å². The Morgan fingerprint density at radius 1 is 1.33 bits per heavy atom. The maximum absolute atomic E-state index is 5.96. The van der Waals surface area contributed by atoms with E-state index in [1.54, 1.807) is 0 Å². The Kier molecular flexibility index (Phi) is 3.52. The first-order valence-electron chi connectivity index (χ1n) is 6.98. The minimum absolute atomic E-state index is 0.327. The summed E-state index contributed by atoms with van der Waals surface area (Å²) in [5.74, 6) is 1.08. The van der Waals surface area contributed by atoms with E-state index in [0.717, 1.165) is 37.8 Å². The monoisotopic (exact) mass is 246 g/mol. The molecule has 1 saturated carbocycles. The third-order valence-electron chi connectivity index (χ3n) is 3.73. The van der Waals surface area contributed by atoms with Gasteiger partial charge in [-0.25, -0.2) is 0 Å². The van der Waals surface area contributed by atoms with Crippen LogP contribution in [0.4, 0.5) is 0 Å². The van der Waals surface area contributed by atoms with Crippen molar-refractivity contribution in [1.82, 2.24) is 10.2 Å². The molecule has 1 aromatic carbocycles. The standard InChI is InChI=1S/C15H22N2O/c1-17(9-8-16-13-6-7-13)11-14-10-12-4-2-3-5-15(12)18-14/h2-5,13-14,16H,6-11H2,1H3. The van der Waals surface area contributed by atoms with Gasteiger partial charge in [-0.1, -0.05) is 18.2 Å². The molecule has 1 atom stereocenters. The topological polar surface area (TPSA) is 24.5 Å². The quantitative estimate of drug-likeness (QED) is 0.826. The third-order valence-corrected chi connectivity index (χ3v) is 3.73. The average Bonchev–Trinajstić information content (AvgIpc) is 3.08. The largest absolute Gasteiger partial charge is 0.488 e. The highest BCUT2D eigenvalue weighted by Crippen LogP contribution is 2.28. The molecule has 98 valence electrons. The molecule has 0 saturated heterocycles. The van der Waals surface area contributed by atoms with Crippen LogP contribution in [0.1, 0.15) is 18.4 Å². The van der Waals surface area contributed by atoms with Crippen molar-refractivity contribution in [2.75, 3.05) is 26.7 Å². The van der Waals surface area contributed by atoms with Gasteiger partial charge in [0.05, 0.1) is 0 Å². The van der Waals surface area contributed by atoms with Gasteiger partial charge in [0.25, 0.3) is 0 Å². The zero-order valence-electron chi connectivity index (χ0n) is 11.1. The molecule has 18 heavy (non-hydrogen) atoms. The number of fused-ring (bicyclic) bond motifs is 1. The highest BCUT2D eigenvalue weighted by Gasteiger charge is 2.24. The number of benzene rings is 1. The first-order chi connectivity index (χ1) is 8.81. The Morgan fingerprint density at radius 3 is 2.94 bits per heavy atom. The van der Waals surface area contributed by atoms with Gasteiger partial charge in [-0.3, -0.25) is 0 Å². The molecule has 1 aliphatic carbocycles. The van der Waals surface area contributed by atoms with Crippen LogP contribution >= 0.6 is 0 Å². The van der Waals surface area contributed by atoms with Gasteiger partial charge < -0.3 is 15.0 Å². The van der Waals surface area contributed by atoms with Crippen molar-refractivity contribution in [2.24, 2.45) is 0 Å². The van der Waals surface area contributed by atoms with Crippen LogP contribution < -0.4 is 10.1 Å². The Balaban J connectivity index is 1.41. The van der Waals surface area contributed by atoms with Crippen LogP contribution in [-0.2, 0) is 6.42 Å². The summed E-state index contributed by atoms with van der Waals surface area (Å²) in [6.07, 6.45) is 4.11. The average molecular weight is 246 g/mol. The van der Waals surface area contributed by atoms with E-state index in [-0.39, 0.29) is 0 Å². The summed E-state index contributed by atoms with van der Waals surface area (Å²) in [6.45, 7) is 3.22. The van der Waals surface area contributed by atoms with E-state index in [9.17, 15) is 0 Å². The SMILES string of the molecule is CN(CCNC1CC1)CC1Cc2ccccc2O1. The molecule has 0 radical (unpaired) electrons. The van der Waals surface area contributed by atoms with Gasteiger partial charge in [-0.2, -0.15) is 0 Å². The van der Waals surface area contributed by atoms with Gasteiger partial charge in [0.2, 0.25) is 0 Å². The predicted octanol–water partition coefficient (Wildman–Crippen LogP) is 1.67. The molecule has 0 amide bonds.